The summed E-state index contributed by atoms with van der Waals surface area (Å²) in [5, 5.41) is 3.20. The third-order valence-corrected chi connectivity index (χ3v) is 8.43. The third-order valence-electron chi connectivity index (χ3n) is 6.25. The first-order valence-electron chi connectivity index (χ1n) is 11.6. The summed E-state index contributed by atoms with van der Waals surface area (Å²) in [7, 11) is -4.06. The number of aryl methyl sites for hydroxylation is 2. The van der Waals surface area contributed by atoms with Gasteiger partial charge in [0.15, 0.2) is 0 Å². The van der Waals surface area contributed by atoms with Crippen LogP contribution in [0, 0.1) is 20.8 Å². The van der Waals surface area contributed by atoms with E-state index in [1.54, 1.807) is 60.4 Å². The number of nitrogens with one attached hydrogen (secondary N) is 1. The van der Waals surface area contributed by atoms with Crippen LogP contribution in [0.1, 0.15) is 29.5 Å². The Morgan fingerprint density at radius 3 is 2.42 bits per heavy atom. The Morgan fingerprint density at radius 2 is 1.78 bits per heavy atom. The highest BCUT2D eigenvalue weighted by atomic mass is 35.5. The SMILES string of the molecule is Cc1ccc(S(=O)(=O)N(CC(=O)Nc2ccc(N3CCCC3=O)c(C)c2)c2cccc(Cl)c2C)cc1. The Balaban J connectivity index is 1.62. The lowest BCUT2D eigenvalue weighted by Gasteiger charge is -2.26. The van der Waals surface area contributed by atoms with Crippen molar-refractivity contribution in [3.63, 3.8) is 0 Å². The second-order valence-electron chi connectivity index (χ2n) is 8.91. The molecule has 0 saturated carbocycles. The van der Waals surface area contributed by atoms with Crippen LogP contribution < -0.4 is 14.5 Å². The topological polar surface area (TPSA) is 86.8 Å². The van der Waals surface area contributed by atoms with E-state index in [9.17, 15) is 18.0 Å². The van der Waals surface area contributed by atoms with Crippen LogP contribution in [0.15, 0.2) is 65.6 Å². The zero-order chi connectivity index (χ0) is 26.0. The molecule has 2 amide bonds. The van der Waals surface area contributed by atoms with Gasteiger partial charge in [-0.25, -0.2) is 8.42 Å². The maximum atomic E-state index is 13.6. The fourth-order valence-electron chi connectivity index (χ4n) is 4.27. The monoisotopic (exact) mass is 525 g/mol. The minimum atomic E-state index is -4.06. The van der Waals surface area contributed by atoms with Gasteiger partial charge < -0.3 is 10.2 Å². The van der Waals surface area contributed by atoms with Gasteiger partial charge in [0.1, 0.15) is 6.54 Å². The first kappa shape index (κ1) is 25.7. The van der Waals surface area contributed by atoms with Crippen LogP contribution in [0.4, 0.5) is 17.1 Å². The quantitative estimate of drug-likeness (QED) is 0.458. The molecule has 0 spiro atoms. The Hall–Kier alpha value is -3.36. The average molecular weight is 526 g/mol. The molecule has 0 aromatic heterocycles. The fourth-order valence-corrected chi connectivity index (χ4v) is 5.92. The average Bonchev–Trinajstić information content (AvgIpc) is 3.25. The molecule has 3 aromatic carbocycles. The number of carbonyl (C=O) groups excluding carboxylic acids is 2. The van der Waals surface area contributed by atoms with E-state index in [-0.39, 0.29) is 10.8 Å². The molecule has 9 heteroatoms. The van der Waals surface area contributed by atoms with Crippen molar-refractivity contribution in [2.24, 2.45) is 0 Å². The molecule has 1 saturated heterocycles. The lowest BCUT2D eigenvalue weighted by molar-refractivity contribution is -0.117. The first-order chi connectivity index (χ1) is 17.1. The van der Waals surface area contributed by atoms with E-state index in [1.807, 2.05) is 13.8 Å². The van der Waals surface area contributed by atoms with Crippen LogP contribution in [0.25, 0.3) is 0 Å². The molecule has 1 N–H and O–H groups in total. The van der Waals surface area contributed by atoms with Crippen molar-refractivity contribution in [3.8, 4) is 0 Å². The van der Waals surface area contributed by atoms with Crippen molar-refractivity contribution in [3.05, 3.63) is 82.4 Å². The zero-order valence-corrected chi connectivity index (χ0v) is 22.0. The molecule has 3 aromatic rings. The van der Waals surface area contributed by atoms with Gasteiger partial charge in [-0.3, -0.25) is 13.9 Å². The van der Waals surface area contributed by atoms with Gasteiger partial charge in [-0.1, -0.05) is 35.4 Å². The Bertz CT molecular complexity index is 1420. The van der Waals surface area contributed by atoms with E-state index in [0.29, 0.717) is 34.9 Å². The van der Waals surface area contributed by atoms with E-state index < -0.39 is 22.5 Å². The zero-order valence-electron chi connectivity index (χ0n) is 20.4. The number of benzene rings is 3. The fraction of sp³-hybridized carbons (Fsp3) is 0.259. The molecule has 1 heterocycles. The van der Waals surface area contributed by atoms with Gasteiger partial charge in [-0.2, -0.15) is 0 Å². The van der Waals surface area contributed by atoms with Crippen molar-refractivity contribution in [2.45, 2.75) is 38.5 Å². The number of sulfonamides is 1. The summed E-state index contributed by atoms with van der Waals surface area (Å²) in [6.45, 7) is 5.70. The van der Waals surface area contributed by atoms with E-state index in [4.69, 9.17) is 11.6 Å². The van der Waals surface area contributed by atoms with Crippen LogP contribution in [0.3, 0.4) is 0 Å². The van der Waals surface area contributed by atoms with Crippen molar-refractivity contribution in [1.29, 1.82) is 0 Å². The predicted molar refractivity (Wildman–Crippen MR) is 143 cm³/mol. The molecule has 7 nitrogen and oxygen atoms in total. The first-order valence-corrected chi connectivity index (χ1v) is 13.4. The molecular weight excluding hydrogens is 498 g/mol. The van der Waals surface area contributed by atoms with Crippen LogP contribution in [-0.2, 0) is 19.6 Å². The van der Waals surface area contributed by atoms with Crippen molar-refractivity contribution >= 4 is 50.5 Å². The second kappa shape index (κ2) is 10.3. The molecule has 188 valence electrons. The Labute approximate surface area is 216 Å². The van der Waals surface area contributed by atoms with E-state index in [0.717, 1.165) is 27.5 Å². The summed E-state index contributed by atoms with van der Waals surface area (Å²) in [6, 6.07) is 16.7. The Kier molecular flexibility index (Phi) is 7.38. The smallest absolute Gasteiger partial charge is 0.264 e. The van der Waals surface area contributed by atoms with Crippen LogP contribution in [0.2, 0.25) is 5.02 Å². The summed E-state index contributed by atoms with van der Waals surface area (Å²) in [4.78, 5) is 27.1. The summed E-state index contributed by atoms with van der Waals surface area (Å²) in [5.74, 6) is -0.418. The normalized spacial score (nSPS) is 13.7. The molecule has 0 aliphatic carbocycles. The highest BCUT2D eigenvalue weighted by Crippen LogP contribution is 2.31. The highest BCUT2D eigenvalue weighted by molar-refractivity contribution is 7.92. The minimum absolute atomic E-state index is 0.0794. The van der Waals surface area contributed by atoms with Crippen LogP contribution in [0.5, 0.6) is 0 Å². The van der Waals surface area contributed by atoms with Gasteiger partial charge in [-0.15, -0.1) is 0 Å². The number of carbonyl (C=O) groups is 2. The summed E-state index contributed by atoms with van der Waals surface area (Å²) >= 11 is 6.29. The van der Waals surface area contributed by atoms with Gasteiger partial charge in [-0.05, 0) is 80.8 Å². The summed E-state index contributed by atoms with van der Waals surface area (Å²) < 4.78 is 28.4. The number of anilines is 3. The predicted octanol–water partition coefficient (Wildman–Crippen LogP) is 5.23. The molecule has 1 aliphatic heterocycles. The van der Waals surface area contributed by atoms with Crippen molar-refractivity contribution in [1.82, 2.24) is 0 Å². The standard InChI is InChI=1S/C27H28ClN3O4S/c1-18-9-12-22(13-10-18)36(34,35)31(25-7-4-6-23(28)20(25)3)17-26(32)29-21-11-14-24(19(2)16-21)30-15-5-8-27(30)33/h4,6-7,9-14,16H,5,8,15,17H2,1-3H3,(H,29,32). The lowest BCUT2D eigenvalue weighted by Crippen LogP contribution is -2.38. The van der Waals surface area contributed by atoms with E-state index in [2.05, 4.69) is 5.32 Å². The van der Waals surface area contributed by atoms with Crippen molar-refractivity contribution in [2.75, 3.05) is 27.6 Å². The van der Waals surface area contributed by atoms with Gasteiger partial charge >= 0.3 is 0 Å². The molecule has 1 fully saturated rings. The van der Waals surface area contributed by atoms with E-state index in [1.165, 1.54) is 12.1 Å². The van der Waals surface area contributed by atoms with Gasteiger partial charge in [0.2, 0.25) is 11.8 Å². The molecular formula is C27H28ClN3O4S. The van der Waals surface area contributed by atoms with Gasteiger partial charge in [0.25, 0.3) is 10.0 Å². The third kappa shape index (κ3) is 5.24. The number of hydrogen-bond acceptors (Lipinski definition) is 4. The maximum absolute atomic E-state index is 13.6. The highest BCUT2D eigenvalue weighted by Gasteiger charge is 2.29. The van der Waals surface area contributed by atoms with Crippen molar-refractivity contribution < 1.29 is 18.0 Å². The largest absolute Gasteiger partial charge is 0.325 e. The number of rotatable bonds is 7. The second-order valence-corrected chi connectivity index (χ2v) is 11.2. The number of hydrogen-bond donors (Lipinski definition) is 1. The molecule has 0 radical (unpaired) electrons. The summed E-state index contributed by atoms with van der Waals surface area (Å²) in [5.41, 5.74) is 3.98. The molecule has 0 bridgehead atoms. The van der Waals surface area contributed by atoms with Gasteiger partial charge in [0, 0.05) is 29.4 Å². The van der Waals surface area contributed by atoms with Crippen LogP contribution >= 0.6 is 11.6 Å². The molecule has 0 atom stereocenters. The number of amides is 2. The lowest BCUT2D eigenvalue weighted by atomic mass is 10.1. The molecule has 1 aliphatic rings. The maximum Gasteiger partial charge on any atom is 0.264 e. The number of nitrogens with zero attached hydrogens (tertiary/aromatic N) is 2. The summed E-state index contributed by atoms with van der Waals surface area (Å²) in [6.07, 6.45) is 1.36. The minimum Gasteiger partial charge on any atom is -0.325 e. The van der Waals surface area contributed by atoms with Gasteiger partial charge in [0.05, 0.1) is 10.6 Å². The Morgan fingerprint density at radius 1 is 1.06 bits per heavy atom. The molecule has 4 rings (SSSR count). The molecule has 0 unspecified atom stereocenters. The number of halogens is 1. The van der Waals surface area contributed by atoms with E-state index >= 15 is 0 Å². The molecule has 36 heavy (non-hydrogen) atoms. The van der Waals surface area contributed by atoms with Crippen LogP contribution in [-0.4, -0.2) is 33.3 Å².